The van der Waals surface area contributed by atoms with E-state index in [1.165, 1.54) is 20.1 Å². The molecule has 1 aromatic rings. The summed E-state index contributed by atoms with van der Waals surface area (Å²) in [5, 5.41) is 0. The number of ether oxygens (including phenoxy) is 2. The predicted molar refractivity (Wildman–Crippen MR) is 49.2 cm³/mol. The normalized spacial score (nSPS) is 9.57. The summed E-state index contributed by atoms with van der Waals surface area (Å²) < 4.78 is 9.81. The van der Waals surface area contributed by atoms with Crippen molar-refractivity contribution >= 4 is 11.6 Å². The van der Waals surface area contributed by atoms with Crippen molar-refractivity contribution in [1.82, 2.24) is 9.97 Å². The average Bonchev–Trinajstić information content (AvgIpc) is 2.14. The summed E-state index contributed by atoms with van der Waals surface area (Å²) in [6.45, 7) is 1.38. The number of rotatable bonds is 4. The van der Waals surface area contributed by atoms with Crippen LogP contribution in [0.5, 0.6) is 11.9 Å². The lowest BCUT2D eigenvalue weighted by molar-refractivity contribution is -0.119. The molecule has 0 aromatic carbocycles. The number of hydrogen-bond acceptors (Lipinski definition) is 6. The molecule has 0 aliphatic heterocycles. The van der Waals surface area contributed by atoms with Gasteiger partial charge in [-0.25, -0.2) is 0 Å². The van der Waals surface area contributed by atoms with E-state index >= 15 is 0 Å². The fraction of sp³-hybridized carbons (Fsp3) is 0.375. The van der Waals surface area contributed by atoms with Crippen molar-refractivity contribution < 1.29 is 14.3 Å². The molecular weight excluding hydrogens is 186 g/mol. The number of hydrogen-bond donors (Lipinski definition) is 1. The van der Waals surface area contributed by atoms with Crippen molar-refractivity contribution in [3.05, 3.63) is 6.07 Å². The van der Waals surface area contributed by atoms with Gasteiger partial charge in [-0.15, -0.1) is 0 Å². The number of nitrogens with zero attached hydrogens (tertiary/aromatic N) is 2. The second kappa shape index (κ2) is 4.40. The molecule has 1 rings (SSSR count). The predicted octanol–water partition coefficient (Wildman–Crippen LogP) is 0.0352. The molecule has 6 nitrogen and oxygen atoms in total. The number of methoxy groups -OCH3 is 1. The molecule has 0 aliphatic rings. The van der Waals surface area contributed by atoms with Gasteiger partial charge in [0.25, 0.3) is 0 Å². The summed E-state index contributed by atoms with van der Waals surface area (Å²) in [6.07, 6.45) is 0. The zero-order valence-electron chi connectivity index (χ0n) is 7.98. The number of aromatic nitrogens is 2. The maximum absolute atomic E-state index is 10.6. The molecule has 0 saturated carbocycles. The first-order valence-electron chi connectivity index (χ1n) is 3.92. The van der Waals surface area contributed by atoms with Gasteiger partial charge in [-0.3, -0.25) is 4.79 Å². The van der Waals surface area contributed by atoms with Crippen molar-refractivity contribution in [2.75, 3.05) is 19.5 Å². The van der Waals surface area contributed by atoms with Gasteiger partial charge in [-0.2, -0.15) is 9.97 Å². The molecular formula is C8H11N3O3. The molecule has 6 heteroatoms. The average molecular weight is 197 g/mol. The number of Topliss-reactive ketones (excluding diaryl/α,β-unsaturated/α-hetero) is 1. The largest absolute Gasteiger partial charge is 0.469 e. The molecule has 0 saturated heterocycles. The van der Waals surface area contributed by atoms with E-state index < -0.39 is 0 Å². The Kier molecular flexibility index (Phi) is 3.22. The van der Waals surface area contributed by atoms with Crippen LogP contribution in [0.4, 0.5) is 5.82 Å². The second-order valence-corrected chi connectivity index (χ2v) is 2.61. The Morgan fingerprint density at radius 3 is 2.86 bits per heavy atom. The molecule has 0 aliphatic carbocycles. The molecule has 0 atom stereocenters. The van der Waals surface area contributed by atoms with Crippen LogP contribution in [0.1, 0.15) is 6.92 Å². The van der Waals surface area contributed by atoms with Crippen molar-refractivity contribution in [2.24, 2.45) is 0 Å². The van der Waals surface area contributed by atoms with E-state index in [9.17, 15) is 4.79 Å². The zero-order valence-corrected chi connectivity index (χ0v) is 7.98. The van der Waals surface area contributed by atoms with Crippen LogP contribution >= 0.6 is 0 Å². The highest BCUT2D eigenvalue weighted by Gasteiger charge is 2.04. The Balaban J connectivity index is 2.76. The van der Waals surface area contributed by atoms with Crippen LogP contribution in [-0.4, -0.2) is 29.5 Å². The van der Waals surface area contributed by atoms with Gasteiger partial charge in [0.1, 0.15) is 12.4 Å². The van der Waals surface area contributed by atoms with Crippen LogP contribution in [0.15, 0.2) is 6.07 Å². The van der Waals surface area contributed by atoms with Crippen LogP contribution in [0.3, 0.4) is 0 Å². The van der Waals surface area contributed by atoms with E-state index in [0.29, 0.717) is 0 Å². The molecule has 0 amide bonds. The highest BCUT2D eigenvalue weighted by Crippen LogP contribution is 2.14. The molecule has 1 aromatic heterocycles. The molecule has 0 radical (unpaired) electrons. The first-order valence-corrected chi connectivity index (χ1v) is 3.92. The SMILES string of the molecule is COc1nc(N)cc(OCC(C)=O)n1. The van der Waals surface area contributed by atoms with Gasteiger partial charge in [0.05, 0.1) is 7.11 Å². The molecule has 76 valence electrons. The number of nitrogens with two attached hydrogens (primary N) is 1. The van der Waals surface area contributed by atoms with E-state index in [1.54, 1.807) is 0 Å². The third-order valence-corrected chi connectivity index (χ3v) is 1.31. The third kappa shape index (κ3) is 2.89. The minimum atomic E-state index is -0.0962. The van der Waals surface area contributed by atoms with E-state index in [-0.39, 0.29) is 30.1 Å². The number of nitrogen functional groups attached to an aromatic ring is 1. The maximum Gasteiger partial charge on any atom is 0.321 e. The highest BCUT2D eigenvalue weighted by atomic mass is 16.5. The molecule has 0 bridgehead atoms. The van der Waals surface area contributed by atoms with Crippen LogP contribution in [-0.2, 0) is 4.79 Å². The number of ketones is 1. The minimum absolute atomic E-state index is 0.0421. The third-order valence-electron chi connectivity index (χ3n) is 1.31. The lowest BCUT2D eigenvalue weighted by Crippen LogP contribution is -2.09. The van der Waals surface area contributed by atoms with Gasteiger partial charge >= 0.3 is 6.01 Å². The Labute approximate surface area is 81.1 Å². The maximum atomic E-state index is 10.6. The lowest BCUT2D eigenvalue weighted by Gasteiger charge is -2.04. The Hall–Kier alpha value is -1.85. The molecule has 1 heterocycles. The number of anilines is 1. The zero-order chi connectivity index (χ0) is 10.6. The summed E-state index contributed by atoms with van der Waals surface area (Å²) in [5.41, 5.74) is 5.45. The van der Waals surface area contributed by atoms with Crippen LogP contribution in [0.2, 0.25) is 0 Å². The summed E-state index contributed by atoms with van der Waals surface area (Å²) in [5.74, 6) is 0.362. The first-order chi connectivity index (χ1) is 6.61. The Morgan fingerprint density at radius 1 is 1.57 bits per heavy atom. The van der Waals surface area contributed by atoms with Crippen molar-refractivity contribution in [2.45, 2.75) is 6.92 Å². The Morgan fingerprint density at radius 2 is 2.29 bits per heavy atom. The van der Waals surface area contributed by atoms with E-state index in [4.69, 9.17) is 15.2 Å². The van der Waals surface area contributed by atoms with Gasteiger partial charge in [-0.1, -0.05) is 0 Å². The Bertz CT molecular complexity index is 341. The summed E-state index contributed by atoms with van der Waals surface area (Å²) >= 11 is 0. The van der Waals surface area contributed by atoms with Crippen LogP contribution in [0.25, 0.3) is 0 Å². The summed E-state index contributed by atoms with van der Waals surface area (Å²) in [6, 6.07) is 1.54. The van der Waals surface area contributed by atoms with Gasteiger partial charge in [0.15, 0.2) is 5.78 Å². The van der Waals surface area contributed by atoms with Crippen LogP contribution < -0.4 is 15.2 Å². The molecule has 0 spiro atoms. The number of carbonyl (C=O) groups excluding carboxylic acids is 1. The molecule has 0 fully saturated rings. The smallest absolute Gasteiger partial charge is 0.321 e. The van der Waals surface area contributed by atoms with E-state index in [0.717, 1.165) is 0 Å². The molecule has 14 heavy (non-hydrogen) atoms. The van der Waals surface area contributed by atoms with Gasteiger partial charge in [0.2, 0.25) is 5.88 Å². The van der Waals surface area contributed by atoms with Crippen molar-refractivity contribution in [3.8, 4) is 11.9 Å². The van der Waals surface area contributed by atoms with Crippen LogP contribution in [0, 0.1) is 0 Å². The quantitative estimate of drug-likeness (QED) is 0.733. The molecule has 2 N–H and O–H groups in total. The van der Waals surface area contributed by atoms with Gasteiger partial charge < -0.3 is 15.2 Å². The summed E-state index contributed by atoms with van der Waals surface area (Å²) in [7, 11) is 1.42. The molecule has 0 unspecified atom stereocenters. The van der Waals surface area contributed by atoms with Gasteiger partial charge in [-0.05, 0) is 6.92 Å². The minimum Gasteiger partial charge on any atom is -0.469 e. The van der Waals surface area contributed by atoms with Gasteiger partial charge in [0, 0.05) is 6.07 Å². The number of carbonyl (C=O) groups is 1. The first kappa shape index (κ1) is 10.2. The highest BCUT2D eigenvalue weighted by molar-refractivity contribution is 5.77. The van der Waals surface area contributed by atoms with Crippen molar-refractivity contribution in [3.63, 3.8) is 0 Å². The second-order valence-electron chi connectivity index (χ2n) is 2.61. The monoisotopic (exact) mass is 197 g/mol. The van der Waals surface area contributed by atoms with E-state index in [2.05, 4.69) is 9.97 Å². The fourth-order valence-corrected chi connectivity index (χ4v) is 0.762. The van der Waals surface area contributed by atoms with Crippen molar-refractivity contribution in [1.29, 1.82) is 0 Å². The fourth-order valence-electron chi connectivity index (χ4n) is 0.762. The van der Waals surface area contributed by atoms with E-state index in [1.807, 2.05) is 0 Å². The summed E-state index contributed by atoms with van der Waals surface area (Å²) in [4.78, 5) is 18.2. The standard InChI is InChI=1S/C8H11N3O3/c1-5(12)4-14-7-3-6(9)10-8(11-7)13-2/h3H,4H2,1-2H3,(H2,9,10,11). The topological polar surface area (TPSA) is 87.3 Å². The lowest BCUT2D eigenvalue weighted by atomic mass is 10.5.